The summed E-state index contributed by atoms with van der Waals surface area (Å²) in [6, 6.07) is 2.72. The van der Waals surface area contributed by atoms with Crippen LogP contribution in [0.1, 0.15) is 16.1 Å². The second-order valence-electron chi connectivity index (χ2n) is 2.37. The Balaban J connectivity index is 3.47. The summed E-state index contributed by atoms with van der Waals surface area (Å²) < 4.78 is 0.809. The maximum absolute atomic E-state index is 11.1. The maximum atomic E-state index is 11.1. The summed E-state index contributed by atoms with van der Waals surface area (Å²) in [6.07, 6.45) is 0. The van der Waals surface area contributed by atoms with Gasteiger partial charge in [0.05, 0.1) is 0 Å². The highest BCUT2D eigenvalue weighted by molar-refractivity contribution is 5.87. The molecule has 0 saturated carbocycles. The summed E-state index contributed by atoms with van der Waals surface area (Å²) in [6.45, 7) is 1.62. The van der Waals surface area contributed by atoms with Crippen LogP contribution in [0, 0.1) is 6.92 Å². The Kier molecular flexibility index (Phi) is 1.86. The number of carboxylic acids is 1. The number of aromatic carboxylic acids is 1. The monoisotopic (exact) mass is 168 g/mol. The minimum absolute atomic E-state index is 0.317. The van der Waals surface area contributed by atoms with Gasteiger partial charge in [-0.2, -0.15) is 0 Å². The summed E-state index contributed by atoms with van der Waals surface area (Å²) in [4.78, 5) is 21.5. The molecule has 0 aliphatic rings. The molecule has 1 rings (SSSR count). The number of pyridine rings is 1. The molecule has 1 aromatic rings. The molecule has 0 spiro atoms. The molecule has 1 aromatic heterocycles. The number of hydrogen-bond donors (Lipinski definition) is 2. The van der Waals surface area contributed by atoms with Crippen molar-refractivity contribution in [2.24, 2.45) is 0 Å². The average molecular weight is 168 g/mol. The summed E-state index contributed by atoms with van der Waals surface area (Å²) in [5, 5.41) is 8.51. The molecule has 0 aromatic carbocycles. The quantitative estimate of drug-likeness (QED) is 0.557. The van der Waals surface area contributed by atoms with Crippen molar-refractivity contribution in [2.45, 2.75) is 6.92 Å². The van der Waals surface area contributed by atoms with Crippen molar-refractivity contribution < 1.29 is 9.90 Å². The van der Waals surface area contributed by atoms with Crippen LogP contribution in [0.2, 0.25) is 0 Å². The molecular formula is C7H8N2O3. The second-order valence-corrected chi connectivity index (χ2v) is 2.37. The topological polar surface area (TPSA) is 85.3 Å². The molecule has 12 heavy (non-hydrogen) atoms. The lowest BCUT2D eigenvalue weighted by molar-refractivity contribution is 0.0694. The number of nitrogen functional groups attached to an aromatic ring is 1. The molecule has 0 radical (unpaired) electrons. The van der Waals surface area contributed by atoms with Gasteiger partial charge in [0.25, 0.3) is 5.56 Å². The smallest absolute Gasteiger partial charge is 0.341 e. The lowest BCUT2D eigenvalue weighted by atomic mass is 10.2. The van der Waals surface area contributed by atoms with Gasteiger partial charge in [0.15, 0.2) is 0 Å². The second kappa shape index (κ2) is 2.69. The molecule has 0 atom stereocenters. The standard InChI is InChI=1S/C7H8N2O3/c1-4-2-3-5(7(11)12)6(10)9(4)8/h2-3H,8H2,1H3,(H,11,12). The first-order valence-corrected chi connectivity index (χ1v) is 3.25. The molecule has 64 valence electrons. The molecule has 0 fully saturated rings. The molecule has 0 unspecified atom stereocenters. The zero-order chi connectivity index (χ0) is 9.30. The van der Waals surface area contributed by atoms with Gasteiger partial charge in [0.2, 0.25) is 0 Å². The summed E-state index contributed by atoms with van der Waals surface area (Å²) in [5.74, 6) is 4.00. The fourth-order valence-electron chi connectivity index (χ4n) is 0.808. The summed E-state index contributed by atoms with van der Waals surface area (Å²) >= 11 is 0. The largest absolute Gasteiger partial charge is 0.477 e. The van der Waals surface area contributed by atoms with Crippen molar-refractivity contribution >= 4 is 5.97 Å². The molecule has 5 heteroatoms. The zero-order valence-electron chi connectivity index (χ0n) is 6.44. The lowest BCUT2D eigenvalue weighted by Crippen LogP contribution is -2.32. The Labute approximate surface area is 68.0 Å². The van der Waals surface area contributed by atoms with Crippen molar-refractivity contribution in [1.29, 1.82) is 0 Å². The van der Waals surface area contributed by atoms with Crippen LogP contribution >= 0.6 is 0 Å². The molecule has 0 bridgehead atoms. The molecule has 0 saturated heterocycles. The fraction of sp³-hybridized carbons (Fsp3) is 0.143. The van der Waals surface area contributed by atoms with Crippen molar-refractivity contribution in [3.8, 4) is 0 Å². The first kappa shape index (κ1) is 8.32. The van der Waals surface area contributed by atoms with Crippen molar-refractivity contribution in [3.63, 3.8) is 0 Å². The van der Waals surface area contributed by atoms with Crippen LogP contribution in [0.5, 0.6) is 0 Å². The number of carboxylic acid groups (broad SMARTS) is 1. The summed E-state index contributed by atoms with van der Waals surface area (Å²) in [7, 11) is 0. The Morgan fingerprint density at radius 1 is 1.58 bits per heavy atom. The van der Waals surface area contributed by atoms with Crippen LogP contribution in [0.3, 0.4) is 0 Å². The van der Waals surface area contributed by atoms with E-state index in [0.717, 1.165) is 4.68 Å². The highest BCUT2D eigenvalue weighted by Crippen LogP contribution is 1.94. The number of hydrogen-bond acceptors (Lipinski definition) is 3. The Morgan fingerprint density at radius 3 is 2.67 bits per heavy atom. The third kappa shape index (κ3) is 1.16. The van der Waals surface area contributed by atoms with Gasteiger partial charge in [-0.15, -0.1) is 0 Å². The van der Waals surface area contributed by atoms with Gasteiger partial charge < -0.3 is 10.9 Å². The van der Waals surface area contributed by atoms with Crippen molar-refractivity contribution in [1.82, 2.24) is 4.68 Å². The molecule has 5 nitrogen and oxygen atoms in total. The minimum atomic E-state index is -1.26. The maximum Gasteiger partial charge on any atom is 0.341 e. The third-order valence-corrected chi connectivity index (χ3v) is 1.55. The normalized spacial score (nSPS) is 9.75. The van der Waals surface area contributed by atoms with E-state index in [1.54, 1.807) is 6.92 Å². The number of nitrogens with two attached hydrogens (primary N) is 1. The number of rotatable bonds is 1. The van der Waals surface area contributed by atoms with Gasteiger partial charge in [0, 0.05) is 5.69 Å². The number of aryl methyl sites for hydroxylation is 1. The fourth-order valence-corrected chi connectivity index (χ4v) is 0.808. The van der Waals surface area contributed by atoms with Crippen LogP contribution in [-0.4, -0.2) is 15.8 Å². The highest BCUT2D eigenvalue weighted by atomic mass is 16.4. The van der Waals surface area contributed by atoms with E-state index in [0.29, 0.717) is 5.69 Å². The van der Waals surface area contributed by atoms with Gasteiger partial charge in [0.1, 0.15) is 5.56 Å². The van der Waals surface area contributed by atoms with E-state index in [1.165, 1.54) is 12.1 Å². The number of aromatic nitrogens is 1. The third-order valence-electron chi connectivity index (χ3n) is 1.55. The molecule has 0 amide bonds. The summed E-state index contributed by atoms with van der Waals surface area (Å²) in [5.41, 5.74) is -0.490. The van der Waals surface area contributed by atoms with E-state index in [2.05, 4.69) is 0 Å². The van der Waals surface area contributed by atoms with Crippen LogP contribution in [0.25, 0.3) is 0 Å². The minimum Gasteiger partial charge on any atom is -0.477 e. The Morgan fingerprint density at radius 2 is 2.17 bits per heavy atom. The molecule has 1 heterocycles. The van der Waals surface area contributed by atoms with Gasteiger partial charge in [-0.25, -0.2) is 9.47 Å². The van der Waals surface area contributed by atoms with Gasteiger partial charge >= 0.3 is 5.97 Å². The molecule has 0 aliphatic carbocycles. The first-order chi connectivity index (χ1) is 5.54. The van der Waals surface area contributed by atoms with Crippen molar-refractivity contribution in [3.05, 3.63) is 33.7 Å². The lowest BCUT2D eigenvalue weighted by Gasteiger charge is -2.02. The van der Waals surface area contributed by atoms with E-state index in [1.807, 2.05) is 0 Å². The van der Waals surface area contributed by atoms with Crippen LogP contribution in [-0.2, 0) is 0 Å². The van der Waals surface area contributed by atoms with Crippen LogP contribution in [0.15, 0.2) is 16.9 Å². The van der Waals surface area contributed by atoms with Gasteiger partial charge in [-0.05, 0) is 19.1 Å². The highest BCUT2D eigenvalue weighted by Gasteiger charge is 2.09. The van der Waals surface area contributed by atoms with Gasteiger partial charge in [-0.3, -0.25) is 4.79 Å². The van der Waals surface area contributed by atoms with E-state index in [9.17, 15) is 9.59 Å². The SMILES string of the molecule is Cc1ccc(C(=O)O)c(=O)n1N. The molecular weight excluding hydrogens is 160 g/mol. The average Bonchev–Trinajstić information content (AvgIpc) is 2.00. The van der Waals surface area contributed by atoms with Crippen molar-refractivity contribution in [2.75, 3.05) is 5.84 Å². The number of nitrogens with zero attached hydrogens (tertiary/aromatic N) is 1. The van der Waals surface area contributed by atoms with E-state index in [4.69, 9.17) is 10.9 Å². The zero-order valence-corrected chi connectivity index (χ0v) is 6.44. The first-order valence-electron chi connectivity index (χ1n) is 3.25. The predicted octanol–water partition coefficient (Wildman–Crippen LogP) is -0.431. The van der Waals surface area contributed by atoms with Crippen LogP contribution < -0.4 is 11.4 Å². The van der Waals surface area contributed by atoms with E-state index in [-0.39, 0.29) is 5.56 Å². The Hall–Kier alpha value is -1.78. The van der Waals surface area contributed by atoms with E-state index >= 15 is 0 Å². The Bertz CT molecular complexity index is 381. The molecule has 0 aliphatic heterocycles. The predicted molar refractivity (Wildman–Crippen MR) is 42.5 cm³/mol. The number of carbonyl (C=O) groups is 1. The van der Waals surface area contributed by atoms with E-state index < -0.39 is 11.5 Å². The van der Waals surface area contributed by atoms with Crippen LogP contribution in [0.4, 0.5) is 0 Å². The van der Waals surface area contributed by atoms with Gasteiger partial charge in [-0.1, -0.05) is 0 Å². The molecule has 3 N–H and O–H groups in total.